The van der Waals surface area contributed by atoms with Gasteiger partial charge in [0.05, 0.1) is 18.8 Å². The summed E-state index contributed by atoms with van der Waals surface area (Å²) in [6.45, 7) is 0.370. The molecule has 11 nitrogen and oxygen atoms in total. The van der Waals surface area contributed by atoms with E-state index in [0.29, 0.717) is 43.1 Å². The van der Waals surface area contributed by atoms with Crippen LogP contribution in [0.15, 0.2) is 78.0 Å². The number of aliphatic carboxylic acids is 1. The Hall–Kier alpha value is -4.10. The molecule has 5 rings (SSSR count). The molecule has 0 aliphatic carbocycles. The highest BCUT2D eigenvalue weighted by atomic mass is 32.2. The molecule has 4 aromatic rings. The maximum atomic E-state index is 12.2. The molecule has 12 heteroatoms. The molecular formula is C33H37N5O6S. The Kier molecular flexibility index (Phi) is 11.3. The predicted octanol–water partition coefficient (Wildman–Crippen LogP) is 4.97. The van der Waals surface area contributed by atoms with Gasteiger partial charge in [-0.05, 0) is 63.2 Å². The lowest BCUT2D eigenvalue weighted by molar-refractivity contribution is -0.245. The molecule has 1 aliphatic heterocycles. The zero-order valence-corrected chi connectivity index (χ0v) is 25.9. The number of thioether (sulfide) groups is 1. The zero-order chi connectivity index (χ0) is 31.6. The molecule has 3 N–H and O–H groups in total. The third-order valence-corrected chi connectivity index (χ3v) is 8.69. The van der Waals surface area contributed by atoms with E-state index in [1.165, 1.54) is 11.8 Å². The van der Waals surface area contributed by atoms with Crippen LogP contribution in [0.3, 0.4) is 0 Å². The largest absolute Gasteiger partial charge is 0.481 e. The van der Waals surface area contributed by atoms with Gasteiger partial charge in [-0.1, -0.05) is 72.4 Å². The number of aromatic nitrogens is 4. The number of amides is 1. The number of aliphatic hydroxyl groups excluding tert-OH is 1. The van der Waals surface area contributed by atoms with Crippen molar-refractivity contribution in [2.75, 3.05) is 5.75 Å². The van der Waals surface area contributed by atoms with Crippen LogP contribution in [0.1, 0.15) is 66.8 Å². The van der Waals surface area contributed by atoms with Crippen molar-refractivity contribution in [2.24, 2.45) is 7.05 Å². The van der Waals surface area contributed by atoms with Crippen molar-refractivity contribution < 1.29 is 29.3 Å². The van der Waals surface area contributed by atoms with E-state index in [2.05, 4.69) is 26.9 Å². The Bertz CT molecular complexity index is 1580. The average molecular weight is 632 g/mol. The fourth-order valence-electron chi connectivity index (χ4n) is 5.11. The fraction of sp³-hybridized carbons (Fsp3) is 0.364. The minimum absolute atomic E-state index is 0.0164. The maximum absolute atomic E-state index is 12.2. The van der Waals surface area contributed by atoms with E-state index in [4.69, 9.17) is 14.6 Å². The minimum atomic E-state index is -0.846. The van der Waals surface area contributed by atoms with Crippen LogP contribution in [-0.2, 0) is 39.3 Å². The van der Waals surface area contributed by atoms with Crippen LogP contribution >= 0.6 is 11.8 Å². The lowest BCUT2D eigenvalue weighted by Crippen LogP contribution is -2.31. The highest BCUT2D eigenvalue weighted by Gasteiger charge is 2.32. The Morgan fingerprint density at radius 2 is 1.71 bits per heavy atom. The molecule has 2 heterocycles. The van der Waals surface area contributed by atoms with Gasteiger partial charge in [-0.25, -0.2) is 4.68 Å². The number of benzene rings is 3. The summed E-state index contributed by atoms with van der Waals surface area (Å²) in [6.07, 6.45) is 1.11. The van der Waals surface area contributed by atoms with E-state index in [0.717, 1.165) is 33.4 Å². The lowest BCUT2D eigenvalue weighted by Gasteiger charge is -2.36. The number of ether oxygens (including phenoxy) is 2. The van der Waals surface area contributed by atoms with Crippen molar-refractivity contribution >= 4 is 23.6 Å². The molecule has 1 fully saturated rings. The quantitative estimate of drug-likeness (QED) is 0.129. The Labute approximate surface area is 266 Å². The average Bonchev–Trinajstić information content (AvgIpc) is 3.49. The Morgan fingerprint density at radius 3 is 2.44 bits per heavy atom. The number of carboxylic acid groups (broad SMARTS) is 1. The van der Waals surface area contributed by atoms with Crippen LogP contribution in [0.25, 0.3) is 11.1 Å². The van der Waals surface area contributed by atoms with Gasteiger partial charge in [-0.2, -0.15) is 0 Å². The standard InChI is InChI=1S/C33H37N5O6S/c1-38-33(35-36-37-38)45-21-28-18-29(24-14-12-22(20-39)13-15-24)44-32(43-28)27-9-5-8-26(17-27)25-7-4-6-23(16-25)19-34-30(40)10-2-3-11-31(41)42/h4-9,12-17,28-29,32,39H,2-3,10-11,18-21H2,1H3,(H,34,40)(H,41,42)/t28-,29+,32+/m1/s1. The van der Waals surface area contributed by atoms with Crippen molar-refractivity contribution in [3.8, 4) is 11.1 Å². The van der Waals surface area contributed by atoms with Crippen LogP contribution in [-0.4, -0.2) is 54.2 Å². The first-order valence-corrected chi connectivity index (χ1v) is 15.9. The number of nitrogens with one attached hydrogen (secondary N) is 1. The topological polar surface area (TPSA) is 149 Å². The third-order valence-electron chi connectivity index (χ3n) is 7.55. The highest BCUT2D eigenvalue weighted by molar-refractivity contribution is 7.99. The molecule has 236 valence electrons. The van der Waals surface area contributed by atoms with Crippen molar-refractivity contribution in [1.82, 2.24) is 25.5 Å². The Morgan fingerprint density at radius 1 is 0.956 bits per heavy atom. The van der Waals surface area contributed by atoms with Gasteiger partial charge in [0.2, 0.25) is 11.1 Å². The summed E-state index contributed by atoms with van der Waals surface area (Å²) in [5, 5.41) is 33.6. The number of carboxylic acids is 1. The number of aryl methyl sites for hydroxylation is 1. The molecule has 3 atom stereocenters. The van der Waals surface area contributed by atoms with Crippen molar-refractivity contribution in [2.45, 2.75) is 68.9 Å². The molecular weight excluding hydrogens is 594 g/mol. The summed E-state index contributed by atoms with van der Waals surface area (Å²) in [5.74, 6) is -0.295. The summed E-state index contributed by atoms with van der Waals surface area (Å²) in [7, 11) is 1.81. The molecule has 0 saturated carbocycles. The smallest absolute Gasteiger partial charge is 0.303 e. The van der Waals surface area contributed by atoms with Crippen LogP contribution in [0.5, 0.6) is 0 Å². The van der Waals surface area contributed by atoms with Crippen molar-refractivity contribution in [3.63, 3.8) is 0 Å². The number of hydrogen-bond acceptors (Lipinski definition) is 9. The third kappa shape index (κ3) is 9.21. The van der Waals surface area contributed by atoms with Crippen LogP contribution < -0.4 is 5.32 Å². The van der Waals surface area contributed by atoms with Gasteiger partial charge >= 0.3 is 5.97 Å². The van der Waals surface area contributed by atoms with Crippen LogP contribution in [0.2, 0.25) is 0 Å². The number of nitrogens with zero attached hydrogens (tertiary/aromatic N) is 4. The molecule has 1 amide bonds. The molecule has 1 aromatic heterocycles. The van der Waals surface area contributed by atoms with Crippen LogP contribution in [0, 0.1) is 0 Å². The number of rotatable bonds is 14. The number of unbranched alkanes of at least 4 members (excludes halogenated alkanes) is 1. The summed E-state index contributed by atoms with van der Waals surface area (Å²) >= 11 is 1.54. The molecule has 0 radical (unpaired) electrons. The van der Waals surface area contributed by atoms with E-state index in [1.807, 2.05) is 66.7 Å². The van der Waals surface area contributed by atoms with Gasteiger partial charge in [0.1, 0.15) is 0 Å². The first-order chi connectivity index (χ1) is 21.9. The molecule has 0 unspecified atom stereocenters. The van der Waals surface area contributed by atoms with Crippen molar-refractivity contribution in [1.29, 1.82) is 0 Å². The minimum Gasteiger partial charge on any atom is -0.481 e. The van der Waals surface area contributed by atoms with E-state index in [9.17, 15) is 14.7 Å². The second-order valence-electron chi connectivity index (χ2n) is 10.9. The highest BCUT2D eigenvalue weighted by Crippen LogP contribution is 2.40. The normalized spacial score (nSPS) is 18.0. The van der Waals surface area contributed by atoms with Gasteiger partial charge in [0.15, 0.2) is 6.29 Å². The fourth-order valence-corrected chi connectivity index (χ4v) is 5.98. The predicted molar refractivity (Wildman–Crippen MR) is 168 cm³/mol. The first-order valence-electron chi connectivity index (χ1n) is 14.9. The van der Waals surface area contributed by atoms with Gasteiger partial charge in [0, 0.05) is 44.2 Å². The molecule has 1 saturated heterocycles. The summed E-state index contributed by atoms with van der Waals surface area (Å²) in [5.41, 5.74) is 5.70. The molecule has 1 aliphatic rings. The SMILES string of the molecule is Cn1nnnc1SC[C@H]1C[C@@H](c2ccc(CO)cc2)O[C@@H](c2cccc(-c3cccc(CNC(=O)CCCCC(=O)O)c3)c2)O1. The molecule has 45 heavy (non-hydrogen) atoms. The van der Waals surface area contributed by atoms with Crippen molar-refractivity contribution in [3.05, 3.63) is 95.1 Å². The molecule has 3 aromatic carbocycles. The maximum Gasteiger partial charge on any atom is 0.303 e. The van der Waals surface area contributed by atoms with Gasteiger partial charge < -0.3 is 25.0 Å². The monoisotopic (exact) mass is 631 g/mol. The lowest BCUT2D eigenvalue weighted by atomic mass is 9.99. The molecule has 0 spiro atoms. The summed E-state index contributed by atoms with van der Waals surface area (Å²) < 4.78 is 14.7. The first kappa shape index (κ1) is 32.3. The number of carbonyl (C=O) groups excluding carboxylic acids is 1. The van der Waals surface area contributed by atoms with E-state index in [1.54, 1.807) is 11.7 Å². The Balaban J connectivity index is 1.28. The van der Waals surface area contributed by atoms with Crippen LogP contribution in [0.4, 0.5) is 0 Å². The second kappa shape index (κ2) is 15.8. The zero-order valence-electron chi connectivity index (χ0n) is 25.0. The van der Waals surface area contributed by atoms with Gasteiger partial charge in [-0.3, -0.25) is 9.59 Å². The van der Waals surface area contributed by atoms with E-state index in [-0.39, 0.29) is 31.1 Å². The number of hydrogen-bond donors (Lipinski definition) is 3. The number of carbonyl (C=O) groups is 2. The summed E-state index contributed by atoms with van der Waals surface area (Å²) in [6, 6.07) is 23.9. The number of tetrazole rings is 1. The second-order valence-corrected chi connectivity index (χ2v) is 11.9. The van der Waals surface area contributed by atoms with E-state index < -0.39 is 12.3 Å². The van der Waals surface area contributed by atoms with Gasteiger partial charge in [0.25, 0.3) is 0 Å². The van der Waals surface area contributed by atoms with E-state index >= 15 is 0 Å². The number of aliphatic hydroxyl groups is 1. The molecule has 0 bridgehead atoms. The van der Waals surface area contributed by atoms with Gasteiger partial charge in [-0.15, -0.1) is 5.10 Å². The summed E-state index contributed by atoms with van der Waals surface area (Å²) in [4.78, 5) is 22.9.